The van der Waals surface area contributed by atoms with Crippen LogP contribution in [0.3, 0.4) is 0 Å². The number of aryl methyl sites for hydroxylation is 2. The molecule has 3 heterocycles. The largest absolute Gasteiger partial charge is 0.338 e. The van der Waals surface area contributed by atoms with E-state index in [0.29, 0.717) is 24.4 Å². The summed E-state index contributed by atoms with van der Waals surface area (Å²) in [6.45, 7) is 6.39. The van der Waals surface area contributed by atoms with Gasteiger partial charge in [-0.2, -0.15) is 0 Å². The van der Waals surface area contributed by atoms with Crippen molar-refractivity contribution in [2.24, 2.45) is 11.8 Å². The number of benzene rings is 1. The van der Waals surface area contributed by atoms with Gasteiger partial charge < -0.3 is 9.88 Å². The van der Waals surface area contributed by atoms with Gasteiger partial charge in [0.15, 0.2) is 0 Å². The Bertz CT molecular complexity index is 904. The molecular formula is C21H25N3O2. The molecule has 1 aromatic heterocycles. The molecule has 2 aliphatic rings. The summed E-state index contributed by atoms with van der Waals surface area (Å²) in [6, 6.07) is 12.3. The molecule has 0 radical (unpaired) electrons. The van der Waals surface area contributed by atoms with Crippen LogP contribution < -0.4 is 5.56 Å². The average Bonchev–Trinajstić information content (AvgIpc) is 3.12. The minimum Gasteiger partial charge on any atom is -0.338 e. The number of fused-ring (bicyclic) bond motifs is 1. The minimum absolute atomic E-state index is 0.146. The summed E-state index contributed by atoms with van der Waals surface area (Å²) in [5, 5.41) is 0. The van der Waals surface area contributed by atoms with Crippen LogP contribution in [0.1, 0.15) is 33.2 Å². The molecule has 1 aromatic carbocycles. The van der Waals surface area contributed by atoms with Gasteiger partial charge in [0.2, 0.25) is 0 Å². The molecule has 3 atom stereocenters. The van der Waals surface area contributed by atoms with E-state index in [2.05, 4.69) is 48.1 Å². The lowest BCUT2D eigenvalue weighted by atomic mass is 9.88. The SMILES string of the molecule is Cc1ccc(C(=O)N2C[C@@H]3CN(C)[C@@H](c4ccccc4C)[C@@H]3C2)c(=O)[nH]1. The first-order valence-electron chi connectivity index (χ1n) is 9.20. The molecule has 1 N–H and O–H groups in total. The van der Waals surface area contributed by atoms with E-state index < -0.39 is 0 Å². The lowest BCUT2D eigenvalue weighted by Gasteiger charge is -2.28. The van der Waals surface area contributed by atoms with Gasteiger partial charge in [-0.25, -0.2) is 0 Å². The Balaban J connectivity index is 1.59. The highest BCUT2D eigenvalue weighted by Crippen LogP contribution is 2.44. The van der Waals surface area contributed by atoms with Gasteiger partial charge in [-0.1, -0.05) is 24.3 Å². The summed E-state index contributed by atoms with van der Waals surface area (Å²) in [5.41, 5.74) is 3.37. The summed E-state index contributed by atoms with van der Waals surface area (Å²) in [6.07, 6.45) is 0. The van der Waals surface area contributed by atoms with Crippen molar-refractivity contribution < 1.29 is 4.79 Å². The Morgan fingerprint density at radius 3 is 2.58 bits per heavy atom. The second-order valence-corrected chi connectivity index (χ2v) is 7.76. The molecule has 0 spiro atoms. The third-order valence-electron chi connectivity index (χ3n) is 5.97. The summed E-state index contributed by atoms with van der Waals surface area (Å²) >= 11 is 0. The van der Waals surface area contributed by atoms with Crippen LogP contribution in [-0.4, -0.2) is 47.4 Å². The number of H-pyrrole nitrogens is 1. The third-order valence-corrected chi connectivity index (χ3v) is 5.97. The number of nitrogens with zero attached hydrogens (tertiary/aromatic N) is 2. The van der Waals surface area contributed by atoms with E-state index in [4.69, 9.17) is 0 Å². The Labute approximate surface area is 153 Å². The number of hydrogen-bond donors (Lipinski definition) is 1. The van der Waals surface area contributed by atoms with Gasteiger partial charge in [0.25, 0.3) is 11.5 Å². The highest BCUT2D eigenvalue weighted by molar-refractivity contribution is 5.94. The molecule has 136 valence electrons. The van der Waals surface area contributed by atoms with Crippen LogP contribution in [-0.2, 0) is 0 Å². The molecular weight excluding hydrogens is 326 g/mol. The maximum Gasteiger partial charge on any atom is 0.260 e. The number of pyridine rings is 1. The monoisotopic (exact) mass is 351 g/mol. The lowest BCUT2D eigenvalue weighted by molar-refractivity contribution is 0.0766. The molecule has 5 heteroatoms. The van der Waals surface area contributed by atoms with Gasteiger partial charge in [-0.05, 0) is 50.1 Å². The lowest BCUT2D eigenvalue weighted by Crippen LogP contribution is -2.36. The van der Waals surface area contributed by atoms with E-state index in [1.807, 2.05) is 11.8 Å². The zero-order valence-electron chi connectivity index (χ0n) is 15.5. The van der Waals surface area contributed by atoms with Crippen LogP contribution >= 0.6 is 0 Å². The van der Waals surface area contributed by atoms with Crippen LogP contribution in [0.15, 0.2) is 41.2 Å². The first-order chi connectivity index (χ1) is 12.5. The molecule has 0 unspecified atom stereocenters. The van der Waals surface area contributed by atoms with Gasteiger partial charge >= 0.3 is 0 Å². The molecule has 0 bridgehead atoms. The molecule has 1 amide bonds. The molecule has 26 heavy (non-hydrogen) atoms. The second kappa shape index (κ2) is 6.40. The molecule has 2 saturated heterocycles. The zero-order chi connectivity index (χ0) is 18.4. The smallest absolute Gasteiger partial charge is 0.260 e. The van der Waals surface area contributed by atoms with Gasteiger partial charge in [0.1, 0.15) is 5.56 Å². The zero-order valence-corrected chi connectivity index (χ0v) is 15.5. The fourth-order valence-electron chi connectivity index (χ4n) is 4.72. The Hall–Kier alpha value is -2.40. The predicted molar refractivity (Wildman–Crippen MR) is 101 cm³/mol. The van der Waals surface area contributed by atoms with Crippen molar-refractivity contribution in [2.45, 2.75) is 19.9 Å². The molecule has 2 fully saturated rings. The van der Waals surface area contributed by atoms with Crippen molar-refractivity contribution in [1.29, 1.82) is 0 Å². The standard InChI is InChI=1S/C21H25N3O2/c1-13-6-4-5-7-16(13)19-18-12-24(11-15(18)10-23(19)3)21(26)17-9-8-14(2)22-20(17)25/h4-9,15,18-19H,10-12H2,1-3H3,(H,22,25)/t15-,18+,19-/m0/s1. The quantitative estimate of drug-likeness (QED) is 0.904. The van der Waals surface area contributed by atoms with Crippen molar-refractivity contribution in [2.75, 3.05) is 26.7 Å². The normalized spacial score (nSPS) is 25.5. The van der Waals surface area contributed by atoms with E-state index >= 15 is 0 Å². The van der Waals surface area contributed by atoms with Gasteiger partial charge in [0.05, 0.1) is 0 Å². The predicted octanol–water partition coefficient (Wildman–Crippen LogP) is 2.37. The number of aromatic nitrogens is 1. The van der Waals surface area contributed by atoms with E-state index in [0.717, 1.165) is 18.8 Å². The summed E-state index contributed by atoms with van der Waals surface area (Å²) < 4.78 is 0. The second-order valence-electron chi connectivity index (χ2n) is 7.76. The van der Waals surface area contributed by atoms with Crippen LogP contribution in [0.4, 0.5) is 0 Å². The van der Waals surface area contributed by atoms with Crippen LogP contribution in [0.25, 0.3) is 0 Å². The van der Waals surface area contributed by atoms with Crippen molar-refractivity contribution in [1.82, 2.24) is 14.8 Å². The number of nitrogens with one attached hydrogen (secondary N) is 1. The van der Waals surface area contributed by atoms with Gasteiger partial charge in [-0.3, -0.25) is 14.5 Å². The number of carbonyl (C=O) groups excluding carboxylic acids is 1. The number of rotatable bonds is 2. The molecule has 0 saturated carbocycles. The number of aromatic amines is 1. The highest BCUT2D eigenvalue weighted by Gasteiger charge is 2.47. The number of likely N-dealkylation sites (tertiary alicyclic amines) is 2. The van der Waals surface area contributed by atoms with Crippen LogP contribution in [0, 0.1) is 25.7 Å². The van der Waals surface area contributed by atoms with Crippen molar-refractivity contribution in [3.63, 3.8) is 0 Å². The molecule has 5 nitrogen and oxygen atoms in total. The first-order valence-corrected chi connectivity index (χ1v) is 9.20. The van der Waals surface area contributed by atoms with Crippen molar-refractivity contribution in [3.8, 4) is 0 Å². The maximum absolute atomic E-state index is 12.9. The number of hydrogen-bond acceptors (Lipinski definition) is 3. The van der Waals surface area contributed by atoms with Crippen molar-refractivity contribution in [3.05, 3.63) is 69.1 Å². The average molecular weight is 351 g/mol. The summed E-state index contributed by atoms with van der Waals surface area (Å²) in [7, 11) is 2.17. The third kappa shape index (κ3) is 2.76. The molecule has 4 rings (SSSR count). The fourth-order valence-corrected chi connectivity index (χ4v) is 4.72. The van der Waals surface area contributed by atoms with Gasteiger partial charge in [0, 0.05) is 37.3 Å². The van der Waals surface area contributed by atoms with Crippen molar-refractivity contribution >= 4 is 5.91 Å². The van der Waals surface area contributed by atoms with E-state index in [1.54, 1.807) is 12.1 Å². The minimum atomic E-state index is -0.292. The summed E-state index contributed by atoms with van der Waals surface area (Å²) in [4.78, 5) is 32.1. The topological polar surface area (TPSA) is 56.4 Å². The summed E-state index contributed by atoms with van der Waals surface area (Å²) in [5.74, 6) is 0.722. The Kier molecular flexibility index (Phi) is 4.19. The molecule has 0 aliphatic carbocycles. The Morgan fingerprint density at radius 2 is 1.85 bits per heavy atom. The molecule has 2 aliphatic heterocycles. The van der Waals surface area contributed by atoms with E-state index in [1.165, 1.54) is 11.1 Å². The number of carbonyl (C=O) groups is 1. The fraction of sp³-hybridized carbons (Fsp3) is 0.429. The molecule has 2 aromatic rings. The number of amides is 1. The highest BCUT2D eigenvalue weighted by atomic mass is 16.2. The van der Waals surface area contributed by atoms with Crippen LogP contribution in [0.5, 0.6) is 0 Å². The van der Waals surface area contributed by atoms with Crippen LogP contribution in [0.2, 0.25) is 0 Å². The van der Waals surface area contributed by atoms with E-state index in [9.17, 15) is 9.59 Å². The van der Waals surface area contributed by atoms with Gasteiger partial charge in [-0.15, -0.1) is 0 Å². The van der Waals surface area contributed by atoms with E-state index in [-0.39, 0.29) is 17.0 Å². The maximum atomic E-state index is 12.9. The first kappa shape index (κ1) is 17.0. The Morgan fingerprint density at radius 1 is 1.08 bits per heavy atom.